The lowest BCUT2D eigenvalue weighted by molar-refractivity contribution is -0.120. The van der Waals surface area contributed by atoms with Crippen LogP contribution in [0.1, 0.15) is 20.3 Å². The van der Waals surface area contributed by atoms with Crippen LogP contribution in [0.5, 0.6) is 5.75 Å². The Bertz CT molecular complexity index is 985. The largest absolute Gasteiger partial charge is 0.492 e. The number of amides is 1. The van der Waals surface area contributed by atoms with Crippen LogP contribution < -0.4 is 25.2 Å². The zero-order valence-corrected chi connectivity index (χ0v) is 18.0. The number of rotatable bonds is 8. The molecule has 7 heteroatoms. The van der Waals surface area contributed by atoms with Gasteiger partial charge in [-0.15, -0.1) is 0 Å². The van der Waals surface area contributed by atoms with Crippen LogP contribution in [0.15, 0.2) is 59.9 Å². The van der Waals surface area contributed by atoms with Crippen molar-refractivity contribution in [2.45, 2.75) is 20.3 Å². The van der Waals surface area contributed by atoms with Gasteiger partial charge in [0.25, 0.3) is 5.91 Å². The molecule has 2 aliphatic heterocycles. The zero-order chi connectivity index (χ0) is 21.8. The van der Waals surface area contributed by atoms with Crippen molar-refractivity contribution in [2.75, 3.05) is 47.9 Å². The topological polar surface area (TPSA) is 73.9 Å². The number of para-hydroxylation sites is 2. The molecule has 0 fully saturated rings. The average Bonchev–Trinajstić information content (AvgIpc) is 3.11. The van der Waals surface area contributed by atoms with Crippen LogP contribution in [-0.2, 0) is 9.59 Å². The van der Waals surface area contributed by atoms with E-state index in [0.717, 1.165) is 30.2 Å². The predicted octanol–water partition coefficient (Wildman–Crippen LogP) is 3.14. The van der Waals surface area contributed by atoms with E-state index >= 15 is 0 Å². The Morgan fingerprint density at radius 2 is 1.81 bits per heavy atom. The van der Waals surface area contributed by atoms with E-state index in [0.29, 0.717) is 37.6 Å². The maximum absolute atomic E-state index is 13.2. The number of anilines is 3. The van der Waals surface area contributed by atoms with Gasteiger partial charge in [0.1, 0.15) is 23.8 Å². The molecule has 0 spiro atoms. The van der Waals surface area contributed by atoms with E-state index in [1.54, 1.807) is 12.1 Å². The molecule has 0 unspecified atom stereocenters. The molecule has 162 valence electrons. The van der Waals surface area contributed by atoms with Crippen LogP contribution in [0.4, 0.5) is 17.1 Å². The summed E-state index contributed by atoms with van der Waals surface area (Å²) < 4.78 is 5.67. The highest BCUT2D eigenvalue weighted by molar-refractivity contribution is 6.25. The Hall–Kier alpha value is -3.32. The van der Waals surface area contributed by atoms with E-state index in [9.17, 15) is 9.59 Å². The van der Waals surface area contributed by atoms with E-state index in [4.69, 9.17) is 4.74 Å². The normalized spacial score (nSPS) is 15.1. The first kappa shape index (κ1) is 20.9. The van der Waals surface area contributed by atoms with Gasteiger partial charge in [-0.2, -0.15) is 0 Å². The van der Waals surface area contributed by atoms with Crippen molar-refractivity contribution in [3.63, 3.8) is 0 Å². The van der Waals surface area contributed by atoms with Gasteiger partial charge in [0, 0.05) is 31.7 Å². The van der Waals surface area contributed by atoms with Gasteiger partial charge >= 0.3 is 0 Å². The summed E-state index contributed by atoms with van der Waals surface area (Å²) in [6.45, 7) is 7.59. The third-order valence-electron chi connectivity index (χ3n) is 5.49. The predicted molar refractivity (Wildman–Crippen MR) is 123 cm³/mol. The molecule has 0 bridgehead atoms. The number of nitrogens with one attached hydrogen (secondary N) is 2. The third-order valence-corrected chi connectivity index (χ3v) is 5.49. The second-order valence-electron chi connectivity index (χ2n) is 7.44. The number of benzene rings is 2. The Morgan fingerprint density at radius 1 is 1.06 bits per heavy atom. The number of hydrogen-bond donors (Lipinski definition) is 2. The molecule has 0 saturated heterocycles. The lowest BCUT2D eigenvalue weighted by atomic mass is 10.0. The quantitative estimate of drug-likeness (QED) is 0.505. The average molecular weight is 421 g/mol. The molecule has 2 N–H and O–H groups in total. The van der Waals surface area contributed by atoms with Crippen LogP contribution in [0.2, 0.25) is 0 Å². The zero-order valence-electron chi connectivity index (χ0n) is 18.0. The van der Waals surface area contributed by atoms with Crippen LogP contribution >= 0.6 is 0 Å². The number of hydrogen-bond acceptors (Lipinski definition) is 6. The molecule has 0 radical (unpaired) electrons. The maximum Gasteiger partial charge on any atom is 0.263 e. The fourth-order valence-corrected chi connectivity index (χ4v) is 4.05. The molecule has 0 aromatic heterocycles. The van der Waals surface area contributed by atoms with Crippen molar-refractivity contribution in [3.05, 3.63) is 59.9 Å². The summed E-state index contributed by atoms with van der Waals surface area (Å²) in [5.74, 6) is 0.914. The minimum atomic E-state index is -0.378. The van der Waals surface area contributed by atoms with Crippen molar-refractivity contribution in [1.82, 2.24) is 5.32 Å². The molecule has 2 aliphatic rings. The van der Waals surface area contributed by atoms with E-state index in [-0.39, 0.29) is 17.3 Å². The van der Waals surface area contributed by atoms with Crippen molar-refractivity contribution < 1.29 is 14.3 Å². The molecule has 0 aliphatic carbocycles. The standard InChI is InChI=1S/C24H28N4O3/c1-3-25-14-16-31-18-11-9-17(10-12-18)26-23(30)22-21(29)13-15-28-20-8-6-5-7-19(20)27(4-2)24(22)28/h5-12,25H,3-4,13-16H2,1-2H3,(H,26,30). The number of ketones is 1. The van der Waals surface area contributed by atoms with Gasteiger partial charge in [-0.05, 0) is 49.9 Å². The molecule has 2 aromatic rings. The monoisotopic (exact) mass is 420 g/mol. The minimum Gasteiger partial charge on any atom is -0.492 e. The summed E-state index contributed by atoms with van der Waals surface area (Å²) in [7, 11) is 0. The van der Waals surface area contributed by atoms with E-state index < -0.39 is 0 Å². The number of fused-ring (bicyclic) bond motifs is 3. The smallest absolute Gasteiger partial charge is 0.263 e. The van der Waals surface area contributed by atoms with Crippen LogP contribution in [0.25, 0.3) is 0 Å². The summed E-state index contributed by atoms with van der Waals surface area (Å²) in [5.41, 5.74) is 2.91. The second-order valence-corrected chi connectivity index (χ2v) is 7.44. The van der Waals surface area contributed by atoms with Crippen molar-refractivity contribution in [3.8, 4) is 5.75 Å². The van der Waals surface area contributed by atoms with Crippen LogP contribution in [0, 0.1) is 0 Å². The molecular weight excluding hydrogens is 392 g/mol. The molecule has 31 heavy (non-hydrogen) atoms. The SMILES string of the molecule is CCNCCOc1ccc(NC(=O)C2=C3N(CC)c4ccccc4N3CCC2=O)cc1. The molecule has 4 rings (SSSR count). The highest BCUT2D eigenvalue weighted by Gasteiger charge is 2.40. The van der Waals surface area contributed by atoms with E-state index in [2.05, 4.69) is 15.5 Å². The van der Waals surface area contributed by atoms with Gasteiger partial charge in [0.05, 0.1) is 11.4 Å². The van der Waals surface area contributed by atoms with Crippen molar-refractivity contribution in [1.29, 1.82) is 0 Å². The molecule has 2 aromatic carbocycles. The van der Waals surface area contributed by atoms with Gasteiger partial charge in [-0.1, -0.05) is 19.1 Å². The van der Waals surface area contributed by atoms with Crippen LogP contribution in [-0.4, -0.2) is 44.5 Å². The first-order valence-electron chi connectivity index (χ1n) is 10.8. The highest BCUT2D eigenvalue weighted by Crippen LogP contribution is 2.44. The van der Waals surface area contributed by atoms with Gasteiger partial charge in [-0.25, -0.2) is 0 Å². The number of nitrogens with zero attached hydrogens (tertiary/aromatic N) is 2. The van der Waals surface area contributed by atoms with E-state index in [1.807, 2.05) is 55.1 Å². The second kappa shape index (κ2) is 9.22. The molecule has 0 atom stereocenters. The Balaban J connectivity index is 1.54. The van der Waals surface area contributed by atoms with E-state index in [1.165, 1.54) is 0 Å². The van der Waals surface area contributed by atoms with Crippen molar-refractivity contribution in [2.24, 2.45) is 0 Å². The third kappa shape index (κ3) is 4.14. The number of likely N-dealkylation sites (N-methyl/N-ethyl adjacent to an activating group) is 1. The van der Waals surface area contributed by atoms with Gasteiger partial charge in [0.15, 0.2) is 5.78 Å². The number of carbonyl (C=O) groups is 2. The Morgan fingerprint density at radius 3 is 2.52 bits per heavy atom. The Kier molecular flexibility index (Phi) is 6.23. The fraction of sp³-hybridized carbons (Fsp3) is 0.333. The summed E-state index contributed by atoms with van der Waals surface area (Å²) in [6.07, 6.45) is 0.316. The highest BCUT2D eigenvalue weighted by atomic mass is 16.5. The van der Waals surface area contributed by atoms with Crippen LogP contribution in [0.3, 0.4) is 0 Å². The van der Waals surface area contributed by atoms with Gasteiger partial charge in [0.2, 0.25) is 0 Å². The summed E-state index contributed by atoms with van der Waals surface area (Å²) in [5, 5.41) is 6.09. The summed E-state index contributed by atoms with van der Waals surface area (Å²) in [6, 6.07) is 15.2. The molecule has 0 saturated carbocycles. The molecular formula is C24H28N4O3. The summed E-state index contributed by atoms with van der Waals surface area (Å²) >= 11 is 0. The van der Waals surface area contributed by atoms with Gasteiger partial charge in [-0.3, -0.25) is 9.59 Å². The molecule has 7 nitrogen and oxygen atoms in total. The lowest BCUT2D eigenvalue weighted by Crippen LogP contribution is -2.40. The first-order valence-corrected chi connectivity index (χ1v) is 10.8. The number of ether oxygens (including phenoxy) is 1. The van der Waals surface area contributed by atoms with Gasteiger partial charge < -0.3 is 25.2 Å². The summed E-state index contributed by atoms with van der Waals surface area (Å²) in [4.78, 5) is 30.1. The molecule has 2 heterocycles. The first-order chi connectivity index (χ1) is 15.1. The Labute approximate surface area is 182 Å². The molecule has 1 amide bonds. The van der Waals surface area contributed by atoms with Crippen molar-refractivity contribution >= 4 is 28.8 Å². The maximum atomic E-state index is 13.2. The number of Topliss-reactive ketones (excluding diaryl/α,β-unsaturated/α-hetero) is 1. The minimum absolute atomic E-state index is 0.126. The number of carbonyl (C=O) groups excluding carboxylic acids is 2. The lowest BCUT2D eigenvalue weighted by Gasteiger charge is -2.30. The fourth-order valence-electron chi connectivity index (χ4n) is 4.05.